The highest BCUT2D eigenvalue weighted by molar-refractivity contribution is 5.98. The lowest BCUT2D eigenvalue weighted by Crippen LogP contribution is -2.27. The largest absolute Gasteiger partial charge is 0.444 e. The molecule has 0 saturated heterocycles. The van der Waals surface area contributed by atoms with Gasteiger partial charge >= 0.3 is 6.09 Å². The van der Waals surface area contributed by atoms with Crippen LogP contribution in [0, 0.1) is 0 Å². The van der Waals surface area contributed by atoms with Crippen LogP contribution in [0.5, 0.6) is 0 Å². The Bertz CT molecular complexity index is 842. The number of nitrogens with zero attached hydrogens (tertiary/aromatic N) is 1. The summed E-state index contributed by atoms with van der Waals surface area (Å²) in [5.41, 5.74) is 4.58. The van der Waals surface area contributed by atoms with Gasteiger partial charge in [0.25, 0.3) is 0 Å². The fourth-order valence-corrected chi connectivity index (χ4v) is 3.50. The molecule has 0 spiro atoms. The summed E-state index contributed by atoms with van der Waals surface area (Å²) in [6.45, 7) is 8.37. The molecule has 1 N–H and O–H groups in total. The van der Waals surface area contributed by atoms with Gasteiger partial charge in [0, 0.05) is 35.6 Å². The van der Waals surface area contributed by atoms with Crippen molar-refractivity contribution in [2.24, 2.45) is 0 Å². The molecule has 0 atom stereocenters. The van der Waals surface area contributed by atoms with Gasteiger partial charge in [-0.15, -0.1) is 0 Å². The lowest BCUT2D eigenvalue weighted by Gasteiger charge is -2.20. The zero-order valence-corrected chi connectivity index (χ0v) is 16.6. The number of ether oxygens (including phenoxy) is 1. The smallest absolute Gasteiger partial charge is 0.412 e. The number of aromatic nitrogens is 1. The summed E-state index contributed by atoms with van der Waals surface area (Å²) in [5, 5.41) is 2.75. The van der Waals surface area contributed by atoms with Gasteiger partial charge < -0.3 is 9.30 Å². The number of fused-ring (bicyclic) bond motifs is 1. The third kappa shape index (κ3) is 4.59. The molecule has 0 unspecified atom stereocenters. The van der Waals surface area contributed by atoms with Crippen molar-refractivity contribution in [2.75, 3.05) is 5.32 Å². The molecule has 1 aliphatic rings. The number of amides is 1. The van der Waals surface area contributed by atoms with Gasteiger partial charge in [-0.2, -0.15) is 0 Å². The number of hydrogen-bond donors (Lipinski definition) is 1. The van der Waals surface area contributed by atoms with E-state index in [1.165, 1.54) is 11.4 Å². The standard InChI is InChI=1S/C22H28N2O3/c1-5-17-13-18-19(7-6-8-20(18)25)24(17)14-15-9-11-16(12-10-15)23-21(26)27-22(2,3)4/h9-13H,5-8,14H2,1-4H3,(H,23,26). The number of benzene rings is 1. The van der Waals surface area contributed by atoms with E-state index in [9.17, 15) is 9.59 Å². The van der Waals surface area contributed by atoms with Crippen LogP contribution < -0.4 is 5.32 Å². The summed E-state index contributed by atoms with van der Waals surface area (Å²) >= 11 is 0. The molecule has 5 nitrogen and oxygen atoms in total. The first-order valence-corrected chi connectivity index (χ1v) is 9.60. The van der Waals surface area contributed by atoms with Gasteiger partial charge in [-0.1, -0.05) is 19.1 Å². The molecule has 27 heavy (non-hydrogen) atoms. The van der Waals surface area contributed by atoms with E-state index in [0.29, 0.717) is 12.1 Å². The fourth-order valence-electron chi connectivity index (χ4n) is 3.50. The molecule has 3 rings (SSSR count). The Balaban J connectivity index is 1.74. The van der Waals surface area contributed by atoms with E-state index >= 15 is 0 Å². The van der Waals surface area contributed by atoms with E-state index in [1.54, 1.807) is 0 Å². The molecule has 1 heterocycles. The number of rotatable bonds is 4. The quantitative estimate of drug-likeness (QED) is 0.829. The Kier molecular flexibility index (Phi) is 5.40. The molecule has 1 amide bonds. The first-order chi connectivity index (χ1) is 12.8. The molecular weight excluding hydrogens is 340 g/mol. The third-order valence-electron chi connectivity index (χ3n) is 4.71. The Labute approximate surface area is 160 Å². The highest BCUT2D eigenvalue weighted by Gasteiger charge is 2.23. The van der Waals surface area contributed by atoms with E-state index in [0.717, 1.165) is 36.9 Å². The second-order valence-corrected chi connectivity index (χ2v) is 8.04. The number of ketones is 1. The lowest BCUT2D eigenvalue weighted by molar-refractivity contribution is 0.0635. The predicted octanol–water partition coefficient (Wildman–Crippen LogP) is 4.96. The van der Waals surface area contributed by atoms with E-state index in [-0.39, 0.29) is 5.78 Å². The Morgan fingerprint density at radius 1 is 1.19 bits per heavy atom. The molecule has 5 heteroatoms. The van der Waals surface area contributed by atoms with Crippen LogP contribution in [0.4, 0.5) is 10.5 Å². The molecule has 144 valence electrons. The van der Waals surface area contributed by atoms with Crippen molar-refractivity contribution >= 4 is 17.6 Å². The van der Waals surface area contributed by atoms with Crippen LogP contribution in [0.15, 0.2) is 30.3 Å². The lowest BCUT2D eigenvalue weighted by atomic mass is 9.96. The van der Waals surface area contributed by atoms with Crippen LogP contribution >= 0.6 is 0 Å². The van der Waals surface area contributed by atoms with Crippen LogP contribution in [0.2, 0.25) is 0 Å². The molecule has 0 radical (unpaired) electrons. The van der Waals surface area contributed by atoms with Crippen LogP contribution in [-0.4, -0.2) is 22.0 Å². The van der Waals surface area contributed by atoms with Crippen molar-refractivity contribution in [3.63, 3.8) is 0 Å². The zero-order chi connectivity index (χ0) is 19.6. The zero-order valence-electron chi connectivity index (χ0n) is 16.6. The van der Waals surface area contributed by atoms with Crippen molar-refractivity contribution in [1.29, 1.82) is 0 Å². The molecule has 0 fully saturated rings. The van der Waals surface area contributed by atoms with Gasteiger partial charge in [0.1, 0.15) is 5.60 Å². The topological polar surface area (TPSA) is 60.3 Å². The summed E-state index contributed by atoms with van der Waals surface area (Å²) in [7, 11) is 0. The number of carbonyl (C=O) groups is 2. The molecule has 1 aliphatic carbocycles. The van der Waals surface area contributed by atoms with Crippen molar-refractivity contribution in [2.45, 2.75) is 65.5 Å². The minimum Gasteiger partial charge on any atom is -0.444 e. The highest BCUT2D eigenvalue weighted by atomic mass is 16.6. The average molecular weight is 368 g/mol. The van der Waals surface area contributed by atoms with E-state index < -0.39 is 11.7 Å². The first kappa shape index (κ1) is 19.2. The molecule has 1 aromatic carbocycles. The predicted molar refractivity (Wildman–Crippen MR) is 106 cm³/mol. The Morgan fingerprint density at radius 3 is 2.52 bits per heavy atom. The second-order valence-electron chi connectivity index (χ2n) is 8.04. The van der Waals surface area contributed by atoms with Crippen LogP contribution in [0.1, 0.15) is 67.8 Å². The van der Waals surface area contributed by atoms with Gasteiger partial charge in [-0.3, -0.25) is 10.1 Å². The van der Waals surface area contributed by atoms with E-state index in [1.807, 2.05) is 45.0 Å². The monoisotopic (exact) mass is 368 g/mol. The number of hydrogen-bond acceptors (Lipinski definition) is 3. The average Bonchev–Trinajstić information content (AvgIpc) is 2.94. The minimum atomic E-state index is -0.522. The summed E-state index contributed by atoms with van der Waals surface area (Å²) in [5.74, 6) is 0.265. The molecule has 1 aromatic heterocycles. The van der Waals surface area contributed by atoms with E-state index in [2.05, 4.69) is 22.9 Å². The molecule has 0 saturated carbocycles. The number of nitrogens with one attached hydrogen (secondary N) is 1. The Morgan fingerprint density at radius 2 is 1.89 bits per heavy atom. The second kappa shape index (κ2) is 7.59. The summed E-state index contributed by atoms with van der Waals surface area (Å²) < 4.78 is 7.55. The summed E-state index contributed by atoms with van der Waals surface area (Å²) in [4.78, 5) is 24.1. The highest BCUT2D eigenvalue weighted by Crippen LogP contribution is 2.27. The van der Waals surface area contributed by atoms with Gasteiger partial charge in [0.2, 0.25) is 0 Å². The van der Waals surface area contributed by atoms with Gasteiger partial charge in [0.05, 0.1) is 0 Å². The van der Waals surface area contributed by atoms with Crippen LogP contribution in [-0.2, 0) is 24.1 Å². The first-order valence-electron chi connectivity index (χ1n) is 9.60. The normalized spacial score (nSPS) is 14.0. The van der Waals surface area contributed by atoms with E-state index in [4.69, 9.17) is 4.74 Å². The Hall–Kier alpha value is -2.56. The van der Waals surface area contributed by atoms with Crippen LogP contribution in [0.25, 0.3) is 0 Å². The third-order valence-corrected chi connectivity index (χ3v) is 4.71. The fraction of sp³-hybridized carbons (Fsp3) is 0.455. The van der Waals surface area contributed by atoms with Gasteiger partial charge in [-0.25, -0.2) is 4.79 Å². The molecule has 2 aromatic rings. The molecular formula is C22H28N2O3. The number of aryl methyl sites for hydroxylation is 1. The van der Waals surface area contributed by atoms with Crippen molar-refractivity contribution in [3.05, 3.63) is 52.8 Å². The molecule has 0 bridgehead atoms. The summed E-state index contributed by atoms with van der Waals surface area (Å²) in [6.07, 6.45) is 2.99. The number of carbonyl (C=O) groups excluding carboxylic acids is 2. The number of Topliss-reactive ketones (excluding diaryl/α,β-unsaturated/α-hetero) is 1. The SMILES string of the molecule is CCc1cc2c(n1Cc1ccc(NC(=O)OC(C)(C)C)cc1)CCCC2=O. The minimum absolute atomic E-state index is 0.265. The van der Waals surface area contributed by atoms with Gasteiger partial charge in [-0.05, 0) is 63.8 Å². The maximum atomic E-state index is 12.2. The maximum Gasteiger partial charge on any atom is 0.412 e. The van der Waals surface area contributed by atoms with Crippen molar-refractivity contribution < 1.29 is 14.3 Å². The maximum absolute atomic E-state index is 12.2. The molecule has 0 aliphatic heterocycles. The van der Waals surface area contributed by atoms with Crippen molar-refractivity contribution in [1.82, 2.24) is 4.57 Å². The number of anilines is 1. The van der Waals surface area contributed by atoms with Crippen LogP contribution in [0.3, 0.4) is 0 Å². The van der Waals surface area contributed by atoms with Crippen molar-refractivity contribution in [3.8, 4) is 0 Å². The summed E-state index contributed by atoms with van der Waals surface area (Å²) in [6, 6.07) is 9.83. The van der Waals surface area contributed by atoms with Gasteiger partial charge in [0.15, 0.2) is 5.78 Å².